The molecule has 0 saturated carbocycles. The lowest BCUT2D eigenvalue weighted by Crippen LogP contribution is -2.42. The Hall–Kier alpha value is -2.29. The van der Waals surface area contributed by atoms with E-state index in [4.69, 9.17) is 4.98 Å². The number of amides is 1. The predicted octanol–water partition coefficient (Wildman–Crippen LogP) is 4.98. The maximum absolute atomic E-state index is 13.3. The van der Waals surface area contributed by atoms with Crippen molar-refractivity contribution in [3.05, 3.63) is 59.1 Å². The number of carbonyl (C=O) groups excluding carboxylic acids is 1. The van der Waals surface area contributed by atoms with Crippen molar-refractivity contribution in [1.29, 1.82) is 0 Å². The SMILES string of the molecule is C[C@@H]1C[C@H](C)CN(S(=O)(=O)c2cccc(C(=O)N3CCC(c4nc5ccccc5s4)CC3)c2)C1. The third-order valence-corrected chi connectivity index (χ3v) is 10.0. The molecule has 3 heterocycles. The third kappa shape index (κ3) is 4.63. The fourth-order valence-electron chi connectivity index (χ4n) is 5.32. The molecule has 6 nitrogen and oxygen atoms in total. The molecule has 1 amide bonds. The van der Waals surface area contributed by atoms with Gasteiger partial charge in [-0.15, -0.1) is 11.3 Å². The van der Waals surface area contributed by atoms with Crippen LogP contribution in [0.4, 0.5) is 0 Å². The molecule has 2 atom stereocenters. The van der Waals surface area contributed by atoms with Gasteiger partial charge in [-0.2, -0.15) is 4.31 Å². The molecule has 1 aromatic heterocycles. The zero-order valence-corrected chi connectivity index (χ0v) is 21.3. The van der Waals surface area contributed by atoms with Gasteiger partial charge in [0.25, 0.3) is 5.91 Å². The monoisotopic (exact) mass is 497 g/mol. The van der Waals surface area contributed by atoms with E-state index in [1.165, 1.54) is 4.70 Å². The number of thiazole rings is 1. The Balaban J connectivity index is 1.28. The van der Waals surface area contributed by atoms with E-state index in [0.29, 0.717) is 49.5 Å². The lowest BCUT2D eigenvalue weighted by molar-refractivity contribution is 0.0712. The summed E-state index contributed by atoms with van der Waals surface area (Å²) in [7, 11) is -3.62. The van der Waals surface area contributed by atoms with Gasteiger partial charge in [-0.05, 0) is 61.4 Å². The summed E-state index contributed by atoms with van der Waals surface area (Å²) in [6, 6.07) is 14.8. The second kappa shape index (κ2) is 9.40. The van der Waals surface area contributed by atoms with Gasteiger partial charge in [0.1, 0.15) is 0 Å². The molecular formula is C26H31N3O3S2. The molecule has 0 radical (unpaired) electrons. The molecule has 3 aromatic rings. The van der Waals surface area contributed by atoms with Crippen LogP contribution in [0.2, 0.25) is 0 Å². The van der Waals surface area contributed by atoms with E-state index >= 15 is 0 Å². The number of nitrogens with zero attached hydrogens (tertiary/aromatic N) is 3. The van der Waals surface area contributed by atoms with Gasteiger partial charge in [0.2, 0.25) is 10.0 Å². The Bertz CT molecular complexity index is 1250. The largest absolute Gasteiger partial charge is 0.339 e. The first kappa shape index (κ1) is 23.5. The summed E-state index contributed by atoms with van der Waals surface area (Å²) >= 11 is 1.74. The van der Waals surface area contributed by atoms with Crippen LogP contribution in [-0.2, 0) is 10.0 Å². The summed E-state index contributed by atoms with van der Waals surface area (Å²) in [6.45, 7) is 6.55. The van der Waals surface area contributed by atoms with E-state index in [1.807, 2.05) is 23.1 Å². The third-order valence-electron chi connectivity index (χ3n) is 7.00. The maximum Gasteiger partial charge on any atom is 0.253 e. The number of piperidine rings is 2. The van der Waals surface area contributed by atoms with Gasteiger partial charge in [0, 0.05) is 37.7 Å². The summed E-state index contributed by atoms with van der Waals surface area (Å²) in [5, 5.41) is 1.14. The first-order valence-corrected chi connectivity index (χ1v) is 14.3. The molecule has 2 fully saturated rings. The van der Waals surface area contributed by atoms with Crippen LogP contribution in [0.5, 0.6) is 0 Å². The lowest BCUT2D eigenvalue weighted by Gasteiger charge is -2.34. The van der Waals surface area contributed by atoms with Crippen molar-refractivity contribution in [3.8, 4) is 0 Å². The van der Waals surface area contributed by atoms with Gasteiger partial charge in [0.05, 0.1) is 20.1 Å². The van der Waals surface area contributed by atoms with Crippen LogP contribution in [0.3, 0.4) is 0 Å². The number of benzene rings is 2. The molecule has 0 aliphatic carbocycles. The average molecular weight is 498 g/mol. The summed E-state index contributed by atoms with van der Waals surface area (Å²) in [5.41, 5.74) is 1.48. The van der Waals surface area contributed by atoms with Crippen molar-refractivity contribution < 1.29 is 13.2 Å². The van der Waals surface area contributed by atoms with Crippen LogP contribution in [-0.4, -0.2) is 54.7 Å². The van der Waals surface area contributed by atoms with E-state index in [-0.39, 0.29) is 10.8 Å². The van der Waals surface area contributed by atoms with Crippen LogP contribution in [0.15, 0.2) is 53.4 Å². The van der Waals surface area contributed by atoms with Crippen molar-refractivity contribution in [2.75, 3.05) is 26.2 Å². The number of hydrogen-bond donors (Lipinski definition) is 0. The molecule has 0 unspecified atom stereocenters. The van der Waals surface area contributed by atoms with Crippen molar-refractivity contribution >= 4 is 37.5 Å². The highest BCUT2D eigenvalue weighted by atomic mass is 32.2. The van der Waals surface area contributed by atoms with Gasteiger partial charge in [-0.3, -0.25) is 4.79 Å². The average Bonchev–Trinajstić information content (AvgIpc) is 3.27. The van der Waals surface area contributed by atoms with Crippen molar-refractivity contribution in [1.82, 2.24) is 14.2 Å². The van der Waals surface area contributed by atoms with Crippen molar-refractivity contribution in [2.24, 2.45) is 11.8 Å². The molecule has 0 spiro atoms. The highest BCUT2D eigenvalue weighted by molar-refractivity contribution is 7.89. The Kier molecular flexibility index (Phi) is 6.48. The molecule has 180 valence electrons. The standard InChI is InChI=1S/C26H31N3O3S2/c1-18-14-19(2)17-29(16-18)34(31,32)22-7-5-6-21(15-22)26(30)28-12-10-20(11-13-28)25-27-23-8-3-4-9-24(23)33-25/h3-9,15,18-20H,10-14,16-17H2,1-2H3/t18-,19+. The van der Waals surface area contributed by atoms with Crippen LogP contribution < -0.4 is 0 Å². The van der Waals surface area contributed by atoms with E-state index in [0.717, 1.165) is 29.8 Å². The van der Waals surface area contributed by atoms with E-state index in [2.05, 4.69) is 19.9 Å². The Labute approximate surface area is 205 Å². The van der Waals surface area contributed by atoms with Crippen LogP contribution in [0, 0.1) is 11.8 Å². The molecular weight excluding hydrogens is 466 g/mol. The fourth-order valence-corrected chi connectivity index (χ4v) is 8.18. The topological polar surface area (TPSA) is 70.6 Å². The minimum atomic E-state index is -3.62. The molecule has 2 aliphatic heterocycles. The second-order valence-corrected chi connectivity index (χ2v) is 12.9. The minimum Gasteiger partial charge on any atom is -0.339 e. The van der Waals surface area contributed by atoms with Gasteiger partial charge in [-0.25, -0.2) is 13.4 Å². The summed E-state index contributed by atoms with van der Waals surface area (Å²) in [4.78, 5) is 20.1. The molecule has 2 aromatic carbocycles. The van der Waals surface area contributed by atoms with Crippen LogP contribution >= 0.6 is 11.3 Å². The number of sulfonamides is 1. The normalized spacial score (nSPS) is 22.8. The summed E-state index contributed by atoms with van der Waals surface area (Å²) in [5.74, 6) is 0.927. The lowest BCUT2D eigenvalue weighted by atomic mass is 9.94. The first-order chi connectivity index (χ1) is 16.3. The number of carbonyl (C=O) groups is 1. The quantitative estimate of drug-likeness (QED) is 0.510. The minimum absolute atomic E-state index is 0.0971. The van der Waals surface area contributed by atoms with Crippen molar-refractivity contribution in [2.45, 2.75) is 43.9 Å². The Morgan fingerprint density at radius 2 is 1.71 bits per heavy atom. The highest BCUT2D eigenvalue weighted by Gasteiger charge is 2.32. The van der Waals surface area contributed by atoms with Gasteiger partial charge >= 0.3 is 0 Å². The van der Waals surface area contributed by atoms with E-state index in [1.54, 1.807) is 39.9 Å². The zero-order valence-electron chi connectivity index (χ0n) is 19.7. The number of likely N-dealkylation sites (tertiary alicyclic amines) is 1. The van der Waals surface area contributed by atoms with Crippen LogP contribution in [0.1, 0.15) is 54.4 Å². The first-order valence-electron chi connectivity index (χ1n) is 12.1. The number of rotatable bonds is 4. The molecule has 8 heteroatoms. The van der Waals surface area contributed by atoms with Gasteiger partial charge < -0.3 is 4.90 Å². The second-order valence-electron chi connectivity index (χ2n) is 9.88. The van der Waals surface area contributed by atoms with Gasteiger partial charge in [-0.1, -0.05) is 32.0 Å². The number of hydrogen-bond acceptors (Lipinski definition) is 5. The maximum atomic E-state index is 13.3. The molecule has 0 N–H and O–H groups in total. The number of aromatic nitrogens is 1. The predicted molar refractivity (Wildman–Crippen MR) is 136 cm³/mol. The smallest absolute Gasteiger partial charge is 0.253 e. The van der Waals surface area contributed by atoms with Crippen molar-refractivity contribution in [3.63, 3.8) is 0 Å². The fraction of sp³-hybridized carbons (Fsp3) is 0.462. The van der Waals surface area contributed by atoms with Crippen LogP contribution in [0.25, 0.3) is 10.2 Å². The molecule has 0 bridgehead atoms. The molecule has 2 saturated heterocycles. The zero-order chi connectivity index (χ0) is 23.9. The number of fused-ring (bicyclic) bond motifs is 1. The van der Waals surface area contributed by atoms with E-state index < -0.39 is 10.0 Å². The molecule has 34 heavy (non-hydrogen) atoms. The Morgan fingerprint density at radius 3 is 2.41 bits per heavy atom. The van der Waals surface area contributed by atoms with Gasteiger partial charge in [0.15, 0.2) is 0 Å². The summed E-state index contributed by atoms with van der Waals surface area (Å²) in [6.07, 6.45) is 2.78. The van der Waals surface area contributed by atoms with E-state index in [9.17, 15) is 13.2 Å². The molecule has 5 rings (SSSR count). The highest BCUT2D eigenvalue weighted by Crippen LogP contribution is 2.34. The Morgan fingerprint density at radius 1 is 1.00 bits per heavy atom. The number of para-hydroxylation sites is 1. The molecule has 2 aliphatic rings. The summed E-state index contributed by atoms with van der Waals surface area (Å²) < 4.78 is 29.4.